The average Bonchev–Trinajstić information content (AvgIpc) is 3.45. The van der Waals surface area contributed by atoms with Gasteiger partial charge < -0.3 is 36.4 Å². The van der Waals surface area contributed by atoms with Crippen molar-refractivity contribution in [1.82, 2.24) is 20.9 Å². The fourth-order valence-electron chi connectivity index (χ4n) is 4.78. The van der Waals surface area contributed by atoms with E-state index >= 15 is 0 Å². The molecule has 1 fully saturated rings. The zero-order valence-electron chi connectivity index (χ0n) is 24.7. The molecule has 0 aromatic heterocycles. The maximum atomic E-state index is 13.6. The summed E-state index contributed by atoms with van der Waals surface area (Å²) in [5.41, 5.74) is 6.40. The molecule has 4 atom stereocenters. The minimum Gasteiger partial charge on any atom is -0.458 e. The Morgan fingerprint density at radius 2 is 1.63 bits per heavy atom. The number of nitrogens with one attached hydrogen (secondary N) is 3. The van der Waals surface area contributed by atoms with Crippen LogP contribution in [0.4, 0.5) is 0 Å². The number of thiocarbonyl (C=S) groups is 1. The van der Waals surface area contributed by atoms with E-state index in [0.29, 0.717) is 19.4 Å². The van der Waals surface area contributed by atoms with Gasteiger partial charge in [-0.1, -0.05) is 60.7 Å². The number of aliphatic hydroxyl groups is 1. The quantitative estimate of drug-likeness (QED) is 0.176. The lowest BCUT2D eigenvalue weighted by molar-refractivity contribution is -0.165. The number of hydrogen-bond acceptors (Lipinski definition) is 7. The van der Waals surface area contributed by atoms with Crippen molar-refractivity contribution in [3.8, 4) is 0 Å². The Balaban J connectivity index is 1.76. The van der Waals surface area contributed by atoms with Crippen molar-refractivity contribution in [3.05, 3.63) is 71.8 Å². The van der Waals surface area contributed by atoms with E-state index in [1.807, 2.05) is 36.4 Å². The zero-order chi connectivity index (χ0) is 31.6. The lowest BCUT2D eigenvalue weighted by Crippen LogP contribution is -2.58. The van der Waals surface area contributed by atoms with Gasteiger partial charge in [-0.05, 0) is 63.4 Å². The predicted octanol–water partition coefficient (Wildman–Crippen LogP) is 1.32. The summed E-state index contributed by atoms with van der Waals surface area (Å²) in [6, 6.07) is 15.4. The Hall–Kier alpha value is -4.03. The fourth-order valence-corrected chi connectivity index (χ4v) is 4.99. The summed E-state index contributed by atoms with van der Waals surface area (Å²) in [7, 11) is 0. The highest BCUT2D eigenvalue weighted by molar-refractivity contribution is 7.80. The maximum Gasteiger partial charge on any atom is 0.329 e. The van der Waals surface area contributed by atoms with E-state index in [0.717, 1.165) is 11.1 Å². The van der Waals surface area contributed by atoms with Crippen molar-refractivity contribution in [3.63, 3.8) is 0 Å². The number of hydrogen-bond donors (Lipinski definition) is 5. The topological polar surface area (TPSA) is 163 Å². The van der Waals surface area contributed by atoms with Crippen molar-refractivity contribution < 1.29 is 29.0 Å². The van der Waals surface area contributed by atoms with Gasteiger partial charge in [0, 0.05) is 13.1 Å². The third-order valence-corrected chi connectivity index (χ3v) is 7.06. The molecule has 1 saturated heterocycles. The Morgan fingerprint density at radius 1 is 1.02 bits per heavy atom. The van der Waals surface area contributed by atoms with Crippen LogP contribution in [0.15, 0.2) is 60.7 Å². The second kappa shape index (κ2) is 15.4. The van der Waals surface area contributed by atoms with Gasteiger partial charge in [0.15, 0.2) is 11.2 Å². The summed E-state index contributed by atoms with van der Waals surface area (Å²) >= 11 is 5.35. The molecule has 3 rings (SSSR count). The fraction of sp³-hybridized carbons (Fsp3) is 0.452. The molecule has 2 unspecified atom stereocenters. The van der Waals surface area contributed by atoms with Crippen LogP contribution in [0.3, 0.4) is 0 Å². The second-order valence-corrected chi connectivity index (χ2v) is 11.9. The third-order valence-electron chi connectivity index (χ3n) is 6.80. The third kappa shape index (κ3) is 10.6. The van der Waals surface area contributed by atoms with Crippen LogP contribution in [0.2, 0.25) is 0 Å². The number of carbonyl (C=O) groups excluding carboxylic acids is 4. The van der Waals surface area contributed by atoms with Gasteiger partial charge in [-0.25, -0.2) is 4.79 Å². The van der Waals surface area contributed by atoms with Crippen molar-refractivity contribution >= 4 is 41.0 Å². The van der Waals surface area contributed by atoms with Gasteiger partial charge in [0.2, 0.25) is 11.8 Å². The van der Waals surface area contributed by atoms with Crippen LogP contribution in [0, 0.1) is 0 Å². The van der Waals surface area contributed by atoms with Crippen LogP contribution in [0.25, 0.3) is 0 Å². The van der Waals surface area contributed by atoms with Crippen LogP contribution in [0.5, 0.6) is 0 Å². The summed E-state index contributed by atoms with van der Waals surface area (Å²) in [5, 5.41) is 20.0. The summed E-state index contributed by atoms with van der Waals surface area (Å²) in [6.07, 6.45) is -1.00. The molecule has 1 aliphatic rings. The first-order valence-electron chi connectivity index (χ1n) is 14.3. The molecule has 1 heterocycles. The van der Waals surface area contributed by atoms with Crippen LogP contribution in [-0.2, 0) is 36.9 Å². The summed E-state index contributed by atoms with van der Waals surface area (Å²) < 4.78 is 5.50. The number of carbonyl (C=O) groups is 4. The standard InChI is InChI=1S/C31H41N5O6S/c1-31(2,3)42-29(41)24-15-10-16-36(24)28(40)26(38)22(17-20-11-6-4-7-12-20)34-27(39)23(18-25(32)37)35-30(43)33-19-21-13-8-5-9-14-21/h4-9,11-14,22-24,26,38H,10,15-19H2,1-3H3,(H2,32,37)(H,34,39)(H2,33,35,43)/t22?,23-,24-,26?/m0/s1. The number of amides is 3. The SMILES string of the molecule is CC(C)(C)OC(=O)[C@@H]1CCCN1C(=O)C(O)C(Cc1ccccc1)NC(=O)[C@H](CC(N)=O)NC(=S)NCc1ccccc1. The lowest BCUT2D eigenvalue weighted by atomic mass is 9.99. The maximum absolute atomic E-state index is 13.6. The largest absolute Gasteiger partial charge is 0.458 e. The average molecular weight is 612 g/mol. The highest BCUT2D eigenvalue weighted by Crippen LogP contribution is 2.23. The molecule has 0 aliphatic carbocycles. The minimum absolute atomic E-state index is 0.102. The number of benzene rings is 2. The molecule has 43 heavy (non-hydrogen) atoms. The molecule has 6 N–H and O–H groups in total. The van der Waals surface area contributed by atoms with E-state index in [1.54, 1.807) is 45.0 Å². The molecule has 0 spiro atoms. The molecule has 1 aliphatic heterocycles. The number of nitrogens with two attached hydrogens (primary N) is 1. The molecule has 0 radical (unpaired) electrons. The highest BCUT2D eigenvalue weighted by atomic mass is 32.1. The van der Waals surface area contributed by atoms with Gasteiger partial charge in [0.05, 0.1) is 12.5 Å². The Bertz CT molecular complexity index is 1270. The number of primary amides is 1. The number of aliphatic hydroxyl groups excluding tert-OH is 1. The van der Waals surface area contributed by atoms with Crippen LogP contribution < -0.4 is 21.7 Å². The number of ether oxygens (including phenoxy) is 1. The van der Waals surface area contributed by atoms with E-state index in [1.165, 1.54) is 4.90 Å². The number of likely N-dealkylation sites (tertiary alicyclic amines) is 1. The molecule has 0 saturated carbocycles. The smallest absolute Gasteiger partial charge is 0.329 e. The summed E-state index contributed by atoms with van der Waals surface area (Å²) in [4.78, 5) is 53.1. The predicted molar refractivity (Wildman–Crippen MR) is 165 cm³/mol. The van der Waals surface area contributed by atoms with E-state index in [-0.39, 0.29) is 24.5 Å². The van der Waals surface area contributed by atoms with Crippen LogP contribution >= 0.6 is 12.2 Å². The van der Waals surface area contributed by atoms with Gasteiger partial charge in [-0.2, -0.15) is 0 Å². The Kier molecular flexibility index (Phi) is 12.0. The van der Waals surface area contributed by atoms with Gasteiger partial charge in [0.25, 0.3) is 5.91 Å². The molecular weight excluding hydrogens is 570 g/mol. The lowest BCUT2D eigenvalue weighted by Gasteiger charge is -2.32. The first-order chi connectivity index (χ1) is 20.3. The van der Waals surface area contributed by atoms with Gasteiger partial charge >= 0.3 is 5.97 Å². The molecule has 2 aromatic carbocycles. The molecular formula is C31H41N5O6S. The van der Waals surface area contributed by atoms with E-state index in [4.69, 9.17) is 22.7 Å². The molecule has 232 valence electrons. The second-order valence-electron chi connectivity index (χ2n) is 11.5. The van der Waals surface area contributed by atoms with E-state index < -0.39 is 53.5 Å². The first-order valence-corrected chi connectivity index (χ1v) is 14.7. The Labute approximate surface area is 257 Å². The zero-order valence-corrected chi connectivity index (χ0v) is 25.6. The van der Waals surface area contributed by atoms with E-state index in [9.17, 15) is 24.3 Å². The normalized spacial score (nSPS) is 16.8. The molecule has 12 heteroatoms. The minimum atomic E-state index is -1.69. The summed E-state index contributed by atoms with van der Waals surface area (Å²) in [6.45, 7) is 5.87. The van der Waals surface area contributed by atoms with Crippen molar-refractivity contribution in [1.29, 1.82) is 0 Å². The molecule has 0 bridgehead atoms. The van der Waals surface area contributed by atoms with E-state index in [2.05, 4.69) is 16.0 Å². The molecule has 11 nitrogen and oxygen atoms in total. The van der Waals surface area contributed by atoms with Gasteiger partial charge in [-0.15, -0.1) is 0 Å². The summed E-state index contributed by atoms with van der Waals surface area (Å²) in [5.74, 6) is -2.67. The molecule has 3 amide bonds. The number of esters is 1. The Morgan fingerprint density at radius 3 is 2.21 bits per heavy atom. The first kappa shape index (κ1) is 33.5. The highest BCUT2D eigenvalue weighted by Gasteiger charge is 2.41. The van der Waals surface area contributed by atoms with Gasteiger partial charge in [-0.3, -0.25) is 14.4 Å². The van der Waals surface area contributed by atoms with Crippen molar-refractivity contribution in [2.75, 3.05) is 6.54 Å². The van der Waals surface area contributed by atoms with Gasteiger partial charge in [0.1, 0.15) is 17.7 Å². The van der Waals surface area contributed by atoms with Crippen LogP contribution in [-0.4, -0.2) is 75.2 Å². The number of rotatable bonds is 12. The molecule has 2 aromatic rings. The monoisotopic (exact) mass is 611 g/mol. The van der Waals surface area contributed by atoms with Crippen molar-refractivity contribution in [2.24, 2.45) is 5.73 Å². The number of nitrogens with zero attached hydrogens (tertiary/aromatic N) is 1. The van der Waals surface area contributed by atoms with Crippen molar-refractivity contribution in [2.45, 2.75) is 82.8 Å². The van der Waals surface area contributed by atoms with Crippen LogP contribution in [0.1, 0.15) is 51.2 Å².